The van der Waals surface area contributed by atoms with E-state index in [0.717, 1.165) is 37.0 Å². The number of aliphatic imine (C=N–C) groups is 1. The number of nitrogens with one attached hydrogen (secondary N) is 2. The summed E-state index contributed by atoms with van der Waals surface area (Å²) in [5, 5.41) is 7.49. The fraction of sp³-hybridized carbons (Fsp3) is 0.619. The van der Waals surface area contributed by atoms with E-state index in [0.29, 0.717) is 18.5 Å². The third-order valence-corrected chi connectivity index (χ3v) is 5.61. The number of nitrogens with two attached hydrogens (primary N) is 1. The van der Waals surface area contributed by atoms with Gasteiger partial charge in [0.05, 0.1) is 12.0 Å². The number of piperidine rings is 1. The molecule has 156 valence electrons. The molecule has 2 rings (SSSR count). The molecular formula is C21H34ClN5O. The van der Waals surface area contributed by atoms with E-state index in [4.69, 9.17) is 17.3 Å². The molecule has 0 saturated carbocycles. The topological polar surface area (TPSA) is 82.7 Å². The summed E-state index contributed by atoms with van der Waals surface area (Å²) < 4.78 is 0. The largest absolute Gasteiger partial charge is 0.369 e. The summed E-state index contributed by atoms with van der Waals surface area (Å²) in [6.07, 6.45) is 2.31. The molecule has 0 spiro atoms. The fourth-order valence-corrected chi connectivity index (χ4v) is 3.81. The van der Waals surface area contributed by atoms with Gasteiger partial charge in [-0.2, -0.15) is 0 Å². The number of rotatable bonds is 7. The van der Waals surface area contributed by atoms with Gasteiger partial charge in [0.25, 0.3) is 0 Å². The van der Waals surface area contributed by atoms with Gasteiger partial charge in [-0.3, -0.25) is 14.7 Å². The second-order valence-electron chi connectivity index (χ2n) is 8.21. The number of hydrogen-bond donors (Lipinski definition) is 3. The third-order valence-electron chi connectivity index (χ3n) is 5.37. The highest BCUT2D eigenvalue weighted by atomic mass is 35.5. The van der Waals surface area contributed by atoms with Gasteiger partial charge in [0.1, 0.15) is 0 Å². The second-order valence-corrected chi connectivity index (χ2v) is 8.64. The average Bonchev–Trinajstić information content (AvgIpc) is 2.64. The highest BCUT2D eigenvalue weighted by Gasteiger charge is 2.31. The Labute approximate surface area is 173 Å². The van der Waals surface area contributed by atoms with Crippen molar-refractivity contribution in [2.45, 2.75) is 39.7 Å². The molecule has 0 bridgehead atoms. The lowest BCUT2D eigenvalue weighted by Gasteiger charge is -2.40. The Morgan fingerprint density at radius 3 is 2.79 bits per heavy atom. The van der Waals surface area contributed by atoms with Crippen LogP contribution in [0.2, 0.25) is 5.02 Å². The average molecular weight is 408 g/mol. The number of halogens is 1. The SMILES string of the molecule is CCNC(=NCC(C)(C)C(N)=O)NCC1CCCN(C)C1c1cccc(Cl)c1. The Morgan fingerprint density at radius 2 is 2.14 bits per heavy atom. The Balaban J connectivity index is 2.10. The second kappa shape index (κ2) is 10.1. The maximum Gasteiger partial charge on any atom is 0.224 e. The zero-order chi connectivity index (χ0) is 20.7. The smallest absolute Gasteiger partial charge is 0.224 e. The number of guanidine groups is 1. The Kier molecular flexibility index (Phi) is 8.13. The van der Waals surface area contributed by atoms with Crippen LogP contribution in [0.15, 0.2) is 29.3 Å². The van der Waals surface area contributed by atoms with Crippen molar-refractivity contribution < 1.29 is 4.79 Å². The van der Waals surface area contributed by atoms with E-state index in [9.17, 15) is 4.79 Å². The standard InChI is InChI=1S/C21H34ClN5O/c1-5-24-20(26-14-21(2,3)19(23)28)25-13-16-9-7-11-27(4)18(16)15-8-6-10-17(22)12-15/h6,8,10,12,16,18H,5,7,9,11,13-14H2,1-4H3,(H2,23,28)(H2,24,25,26). The van der Waals surface area contributed by atoms with E-state index in [2.05, 4.69) is 39.7 Å². The van der Waals surface area contributed by atoms with E-state index >= 15 is 0 Å². The first-order valence-electron chi connectivity index (χ1n) is 10.0. The molecule has 1 aliphatic heterocycles. The highest BCUT2D eigenvalue weighted by Crippen LogP contribution is 2.35. The minimum absolute atomic E-state index is 0.310. The molecular weight excluding hydrogens is 374 g/mol. The first kappa shape index (κ1) is 22.5. The minimum atomic E-state index is -0.670. The molecule has 1 amide bonds. The predicted molar refractivity (Wildman–Crippen MR) is 117 cm³/mol. The lowest BCUT2D eigenvalue weighted by atomic mass is 9.85. The van der Waals surface area contributed by atoms with Crippen LogP contribution in [0.4, 0.5) is 0 Å². The number of benzene rings is 1. The monoisotopic (exact) mass is 407 g/mol. The van der Waals surface area contributed by atoms with Crippen LogP contribution in [0, 0.1) is 11.3 Å². The van der Waals surface area contributed by atoms with Gasteiger partial charge < -0.3 is 16.4 Å². The molecule has 0 aromatic heterocycles. The molecule has 1 aromatic carbocycles. The van der Waals surface area contributed by atoms with Gasteiger partial charge in [0, 0.05) is 24.2 Å². The molecule has 1 heterocycles. The molecule has 1 saturated heterocycles. The van der Waals surface area contributed by atoms with Crippen molar-refractivity contribution >= 4 is 23.5 Å². The summed E-state index contributed by atoms with van der Waals surface area (Å²) >= 11 is 6.24. The van der Waals surface area contributed by atoms with Gasteiger partial charge in [0.2, 0.25) is 5.91 Å². The molecule has 2 atom stereocenters. The maximum absolute atomic E-state index is 11.6. The van der Waals surface area contributed by atoms with Crippen molar-refractivity contribution in [2.75, 3.05) is 33.2 Å². The zero-order valence-corrected chi connectivity index (χ0v) is 18.2. The lowest BCUT2D eigenvalue weighted by Crippen LogP contribution is -2.45. The van der Waals surface area contributed by atoms with Crippen LogP contribution in [0.1, 0.15) is 45.2 Å². The van der Waals surface area contributed by atoms with Crippen LogP contribution < -0.4 is 16.4 Å². The molecule has 0 radical (unpaired) electrons. The molecule has 4 N–H and O–H groups in total. The number of carbonyl (C=O) groups excluding carboxylic acids is 1. The van der Waals surface area contributed by atoms with Crippen molar-refractivity contribution in [3.63, 3.8) is 0 Å². The van der Waals surface area contributed by atoms with Crippen molar-refractivity contribution in [1.29, 1.82) is 0 Å². The quantitative estimate of drug-likeness (QED) is 0.479. The summed E-state index contributed by atoms with van der Waals surface area (Å²) in [5.74, 6) is 0.808. The van der Waals surface area contributed by atoms with Crippen LogP contribution >= 0.6 is 11.6 Å². The predicted octanol–water partition coefficient (Wildman–Crippen LogP) is 2.79. The summed E-state index contributed by atoms with van der Waals surface area (Å²) in [6, 6.07) is 8.46. The summed E-state index contributed by atoms with van der Waals surface area (Å²) in [5.41, 5.74) is 6.04. The number of amides is 1. The van der Waals surface area contributed by atoms with Crippen molar-refractivity contribution in [2.24, 2.45) is 22.1 Å². The fourth-order valence-electron chi connectivity index (χ4n) is 3.61. The maximum atomic E-state index is 11.6. The van der Waals surface area contributed by atoms with E-state index in [1.54, 1.807) is 0 Å². The number of primary amides is 1. The molecule has 1 aliphatic rings. The van der Waals surface area contributed by atoms with Gasteiger partial charge in [-0.05, 0) is 70.8 Å². The molecule has 28 heavy (non-hydrogen) atoms. The normalized spacial score (nSPS) is 21.4. The summed E-state index contributed by atoms with van der Waals surface area (Å²) in [7, 11) is 2.17. The first-order valence-corrected chi connectivity index (χ1v) is 10.4. The van der Waals surface area contributed by atoms with Gasteiger partial charge in [-0.15, -0.1) is 0 Å². The summed E-state index contributed by atoms with van der Waals surface area (Å²) in [4.78, 5) is 18.5. The third kappa shape index (κ3) is 6.11. The first-order chi connectivity index (χ1) is 13.2. The Morgan fingerprint density at radius 1 is 1.39 bits per heavy atom. The molecule has 0 aliphatic carbocycles. The van der Waals surface area contributed by atoms with Crippen molar-refractivity contribution in [3.05, 3.63) is 34.9 Å². The highest BCUT2D eigenvalue weighted by molar-refractivity contribution is 6.30. The molecule has 1 fully saturated rings. The van der Waals surface area contributed by atoms with Crippen LogP contribution in [0.5, 0.6) is 0 Å². The van der Waals surface area contributed by atoms with Crippen LogP contribution in [0.25, 0.3) is 0 Å². The summed E-state index contributed by atoms with van der Waals surface area (Å²) in [6.45, 7) is 8.63. The van der Waals surface area contributed by atoms with Gasteiger partial charge in [-0.25, -0.2) is 0 Å². The van der Waals surface area contributed by atoms with E-state index in [1.807, 2.05) is 32.9 Å². The van der Waals surface area contributed by atoms with E-state index < -0.39 is 5.41 Å². The van der Waals surface area contributed by atoms with Crippen LogP contribution in [-0.2, 0) is 4.79 Å². The van der Waals surface area contributed by atoms with Crippen molar-refractivity contribution in [3.8, 4) is 0 Å². The minimum Gasteiger partial charge on any atom is -0.369 e. The Hall–Kier alpha value is -1.79. The van der Waals surface area contributed by atoms with Crippen LogP contribution in [0.3, 0.4) is 0 Å². The molecule has 6 nitrogen and oxygen atoms in total. The van der Waals surface area contributed by atoms with Crippen molar-refractivity contribution in [1.82, 2.24) is 15.5 Å². The molecule has 1 aromatic rings. The number of hydrogen-bond acceptors (Lipinski definition) is 3. The van der Waals surface area contributed by atoms with E-state index in [-0.39, 0.29) is 5.91 Å². The number of nitrogens with zero attached hydrogens (tertiary/aromatic N) is 2. The van der Waals surface area contributed by atoms with Gasteiger partial charge >= 0.3 is 0 Å². The van der Waals surface area contributed by atoms with Gasteiger partial charge in [0.15, 0.2) is 5.96 Å². The zero-order valence-electron chi connectivity index (χ0n) is 17.5. The van der Waals surface area contributed by atoms with E-state index in [1.165, 1.54) is 12.0 Å². The Bertz CT molecular complexity index is 691. The lowest BCUT2D eigenvalue weighted by molar-refractivity contribution is -0.125. The molecule has 7 heteroatoms. The molecule has 2 unspecified atom stereocenters. The van der Waals surface area contributed by atoms with Gasteiger partial charge in [-0.1, -0.05) is 23.7 Å². The number of likely N-dealkylation sites (tertiary alicyclic amines) is 1. The number of carbonyl (C=O) groups is 1. The van der Waals surface area contributed by atoms with Crippen LogP contribution in [-0.4, -0.2) is 50.0 Å².